The molecule has 1 aromatic rings. The summed E-state index contributed by atoms with van der Waals surface area (Å²) in [6, 6.07) is 4.00. The highest BCUT2D eigenvalue weighted by atomic mass is 16.3. The number of nitrogens with one attached hydrogen (secondary N) is 1. The Morgan fingerprint density at radius 2 is 1.94 bits per heavy atom. The number of hydrogen-bond acceptors (Lipinski definition) is 4. The molecule has 1 unspecified atom stereocenters. The summed E-state index contributed by atoms with van der Waals surface area (Å²) in [7, 11) is 0. The van der Waals surface area contributed by atoms with Gasteiger partial charge in [-0.2, -0.15) is 5.10 Å². The van der Waals surface area contributed by atoms with E-state index in [0.29, 0.717) is 24.5 Å². The molecule has 5 heteroatoms. The minimum atomic E-state index is -0.455. The molecule has 1 aliphatic rings. The van der Waals surface area contributed by atoms with E-state index in [2.05, 4.69) is 31.3 Å². The van der Waals surface area contributed by atoms with E-state index < -0.39 is 5.91 Å². The van der Waals surface area contributed by atoms with Crippen LogP contribution in [0, 0.1) is 18.8 Å². The molecule has 168 valence electrons. The zero-order chi connectivity index (χ0) is 23.1. The van der Waals surface area contributed by atoms with Crippen LogP contribution in [-0.2, 0) is 22.4 Å². The molecule has 2 rings (SSSR count). The first kappa shape index (κ1) is 24.6. The van der Waals surface area contributed by atoms with Crippen molar-refractivity contribution in [2.75, 3.05) is 0 Å². The van der Waals surface area contributed by atoms with Crippen LogP contribution in [0.5, 0.6) is 5.75 Å². The summed E-state index contributed by atoms with van der Waals surface area (Å²) in [4.78, 5) is 25.8. The topological polar surface area (TPSA) is 78.8 Å². The molecule has 1 amide bonds. The first-order chi connectivity index (χ1) is 14.7. The number of hydrogen-bond donors (Lipinski definition) is 2. The second-order valence-electron chi connectivity index (χ2n) is 8.82. The first-order valence-corrected chi connectivity index (χ1v) is 11.3. The number of aryl methyl sites for hydroxylation is 3. The molecule has 1 aromatic carbocycles. The Kier molecular flexibility index (Phi) is 8.78. The van der Waals surface area contributed by atoms with Crippen LogP contribution in [0.1, 0.15) is 70.6 Å². The molecule has 0 aromatic heterocycles. The molecule has 0 bridgehead atoms. The van der Waals surface area contributed by atoms with Crippen molar-refractivity contribution < 1.29 is 14.7 Å². The average Bonchev–Trinajstić information content (AvgIpc) is 2.73. The highest BCUT2D eigenvalue weighted by Gasteiger charge is 2.29. The van der Waals surface area contributed by atoms with Crippen molar-refractivity contribution in [3.63, 3.8) is 0 Å². The highest BCUT2D eigenvalue weighted by Crippen LogP contribution is 2.30. The maximum absolute atomic E-state index is 13.1. The molecule has 1 aliphatic carbocycles. The number of Topliss-reactive ketones (excluding diaryl/α,β-unsaturated/α-hetero) is 1. The van der Waals surface area contributed by atoms with E-state index in [1.165, 1.54) is 5.56 Å². The Labute approximate surface area is 186 Å². The molecule has 5 nitrogen and oxygen atoms in total. The largest absolute Gasteiger partial charge is 0.507 e. The van der Waals surface area contributed by atoms with Crippen molar-refractivity contribution in [2.24, 2.45) is 16.9 Å². The summed E-state index contributed by atoms with van der Waals surface area (Å²) in [5.74, 6) is -0.283. The minimum Gasteiger partial charge on any atom is -0.507 e. The Hall–Kier alpha value is -2.69. The van der Waals surface area contributed by atoms with Crippen molar-refractivity contribution in [1.82, 2.24) is 5.43 Å². The van der Waals surface area contributed by atoms with Crippen LogP contribution in [0.3, 0.4) is 0 Å². The van der Waals surface area contributed by atoms with E-state index >= 15 is 0 Å². The van der Waals surface area contributed by atoms with Crippen LogP contribution in [0.25, 0.3) is 0 Å². The molecular formula is C26H36N2O3. The van der Waals surface area contributed by atoms with Crippen molar-refractivity contribution in [3.8, 4) is 5.75 Å². The standard InChI is InChI=1S/C26H36N2O3/c1-7-19-12-17(5)24(29)21(13-19)9-10-22-14-20(8-2)15-23(25(22)30)26(31)28-27-18(6)11-16(3)4/h12-16,22,29H,7-11H2,1-6H3,(H,28,31). The van der Waals surface area contributed by atoms with Crippen LogP contribution in [-0.4, -0.2) is 22.5 Å². The fraction of sp³-hybridized carbons (Fsp3) is 0.500. The third-order valence-electron chi connectivity index (χ3n) is 5.62. The number of phenols is 1. The van der Waals surface area contributed by atoms with E-state index in [0.717, 1.165) is 41.7 Å². The Bertz CT molecular complexity index is 923. The molecule has 0 spiro atoms. The smallest absolute Gasteiger partial charge is 0.275 e. The fourth-order valence-corrected chi connectivity index (χ4v) is 3.93. The SMILES string of the molecule is CCC1=CC(CCc2cc(CC)cc(C)c2O)C(=O)C(C(=O)NN=C(C)CC(C)C)=C1. The van der Waals surface area contributed by atoms with Crippen LogP contribution >= 0.6 is 0 Å². The molecule has 2 N–H and O–H groups in total. The van der Waals surface area contributed by atoms with Gasteiger partial charge in [-0.3, -0.25) is 9.59 Å². The van der Waals surface area contributed by atoms with Gasteiger partial charge in [0, 0.05) is 11.6 Å². The molecule has 1 atom stereocenters. The molecule has 0 saturated heterocycles. The molecule has 0 heterocycles. The summed E-state index contributed by atoms with van der Waals surface area (Å²) in [6.45, 7) is 12.0. The number of hydrazone groups is 1. The van der Waals surface area contributed by atoms with Crippen molar-refractivity contribution in [1.29, 1.82) is 0 Å². The van der Waals surface area contributed by atoms with Gasteiger partial charge >= 0.3 is 0 Å². The van der Waals surface area contributed by atoms with Gasteiger partial charge in [-0.25, -0.2) is 5.43 Å². The predicted molar refractivity (Wildman–Crippen MR) is 126 cm³/mol. The fourth-order valence-electron chi connectivity index (χ4n) is 3.93. The zero-order valence-electron chi connectivity index (χ0n) is 19.7. The molecular weight excluding hydrogens is 388 g/mol. The van der Waals surface area contributed by atoms with Crippen LogP contribution < -0.4 is 5.43 Å². The van der Waals surface area contributed by atoms with Gasteiger partial charge in [0.05, 0.1) is 5.57 Å². The molecule has 0 radical (unpaired) electrons. The number of rotatable bonds is 9. The van der Waals surface area contributed by atoms with Gasteiger partial charge in [0.15, 0.2) is 5.78 Å². The Morgan fingerprint density at radius 3 is 2.55 bits per heavy atom. The quantitative estimate of drug-likeness (QED) is 0.325. The van der Waals surface area contributed by atoms with Gasteiger partial charge in [-0.1, -0.05) is 51.5 Å². The third-order valence-corrected chi connectivity index (χ3v) is 5.62. The molecule has 0 saturated carbocycles. The molecule has 0 aliphatic heterocycles. The normalized spacial score (nSPS) is 16.9. The average molecular weight is 425 g/mol. The van der Waals surface area contributed by atoms with Gasteiger partial charge in [0.2, 0.25) is 0 Å². The molecule has 0 fully saturated rings. The Morgan fingerprint density at radius 1 is 1.23 bits per heavy atom. The monoisotopic (exact) mass is 424 g/mol. The van der Waals surface area contributed by atoms with Crippen molar-refractivity contribution in [3.05, 3.63) is 52.1 Å². The molecule has 31 heavy (non-hydrogen) atoms. The number of carbonyl (C=O) groups is 2. The van der Waals surface area contributed by atoms with Gasteiger partial charge in [0.25, 0.3) is 5.91 Å². The second-order valence-corrected chi connectivity index (χ2v) is 8.82. The van der Waals surface area contributed by atoms with Gasteiger partial charge < -0.3 is 5.11 Å². The lowest BCUT2D eigenvalue weighted by Gasteiger charge is -2.20. The summed E-state index contributed by atoms with van der Waals surface area (Å²) in [5, 5.41) is 14.6. The Balaban J connectivity index is 2.16. The van der Waals surface area contributed by atoms with E-state index in [4.69, 9.17) is 0 Å². The number of ketones is 1. The van der Waals surface area contributed by atoms with E-state index in [1.807, 2.05) is 39.0 Å². The van der Waals surface area contributed by atoms with E-state index in [-0.39, 0.29) is 17.3 Å². The van der Waals surface area contributed by atoms with E-state index in [1.54, 1.807) is 6.08 Å². The van der Waals surface area contributed by atoms with Gasteiger partial charge in [-0.05, 0) is 74.6 Å². The summed E-state index contributed by atoms with van der Waals surface area (Å²) >= 11 is 0. The highest BCUT2D eigenvalue weighted by molar-refractivity contribution is 6.21. The maximum atomic E-state index is 13.1. The number of aromatic hydroxyl groups is 1. The van der Waals surface area contributed by atoms with Crippen LogP contribution in [0.4, 0.5) is 0 Å². The van der Waals surface area contributed by atoms with Crippen molar-refractivity contribution in [2.45, 2.75) is 73.6 Å². The summed E-state index contributed by atoms with van der Waals surface area (Å²) in [5.41, 5.74) is 7.38. The third kappa shape index (κ3) is 6.65. The van der Waals surface area contributed by atoms with Crippen molar-refractivity contribution >= 4 is 17.4 Å². The summed E-state index contributed by atoms with van der Waals surface area (Å²) < 4.78 is 0. The number of nitrogens with zero attached hydrogens (tertiary/aromatic N) is 1. The number of benzene rings is 1. The lowest BCUT2D eigenvalue weighted by Crippen LogP contribution is -2.30. The lowest BCUT2D eigenvalue weighted by molar-refractivity contribution is -0.124. The van der Waals surface area contributed by atoms with Gasteiger partial charge in [-0.15, -0.1) is 0 Å². The minimum absolute atomic E-state index is 0.160. The number of allylic oxidation sites excluding steroid dienone is 3. The number of phenolic OH excluding ortho intramolecular Hbond substituents is 1. The zero-order valence-corrected chi connectivity index (χ0v) is 19.7. The van der Waals surface area contributed by atoms with Gasteiger partial charge in [0.1, 0.15) is 5.75 Å². The maximum Gasteiger partial charge on any atom is 0.275 e. The predicted octanol–water partition coefficient (Wildman–Crippen LogP) is 5.20. The number of amides is 1. The lowest BCUT2D eigenvalue weighted by atomic mass is 9.84. The van der Waals surface area contributed by atoms with E-state index in [9.17, 15) is 14.7 Å². The first-order valence-electron chi connectivity index (χ1n) is 11.3. The summed E-state index contributed by atoms with van der Waals surface area (Å²) in [6.07, 6.45) is 7.18. The number of carbonyl (C=O) groups excluding carboxylic acids is 2. The second kappa shape index (κ2) is 11.1. The van der Waals surface area contributed by atoms with Crippen LogP contribution in [0.15, 0.2) is 40.5 Å². The van der Waals surface area contributed by atoms with Crippen LogP contribution in [0.2, 0.25) is 0 Å².